The number of anilines is 1. The molecule has 0 aliphatic heterocycles. The number of benzene rings is 2. The number of nitrogens with one attached hydrogen (secondary N) is 1. The summed E-state index contributed by atoms with van der Waals surface area (Å²) in [5.74, 6) is -0.612. The van der Waals surface area contributed by atoms with Crippen molar-refractivity contribution >= 4 is 34.2 Å². The molecule has 0 bridgehead atoms. The lowest BCUT2D eigenvalue weighted by atomic mass is 10.1. The molecule has 0 aliphatic carbocycles. The average Bonchev–Trinajstić information content (AvgIpc) is 2.58. The molecule has 0 fully saturated rings. The monoisotopic (exact) mass is 388 g/mol. The maximum Gasteiger partial charge on any atom is 0.336 e. The van der Waals surface area contributed by atoms with Gasteiger partial charge in [-0.3, -0.25) is 9.69 Å². The Morgan fingerprint density at radius 3 is 2.63 bits per heavy atom. The molecule has 3 aromatic rings. The SMILES string of the molecule is Cc1cc2oc(=O)cc(CN(C)CC(=O)Nc3ccc(F)cc3)c2cc1Cl. The van der Waals surface area contributed by atoms with Crippen LogP contribution in [-0.4, -0.2) is 24.4 Å². The van der Waals surface area contributed by atoms with E-state index in [-0.39, 0.29) is 18.3 Å². The van der Waals surface area contributed by atoms with Gasteiger partial charge in [0.15, 0.2) is 0 Å². The number of hydrogen-bond acceptors (Lipinski definition) is 4. The molecule has 2 aromatic carbocycles. The topological polar surface area (TPSA) is 62.6 Å². The second-order valence-electron chi connectivity index (χ2n) is 6.42. The largest absolute Gasteiger partial charge is 0.423 e. The van der Waals surface area contributed by atoms with Crippen LogP contribution < -0.4 is 10.9 Å². The number of halogens is 2. The van der Waals surface area contributed by atoms with E-state index in [4.69, 9.17) is 16.0 Å². The zero-order valence-electron chi connectivity index (χ0n) is 14.9. The lowest BCUT2D eigenvalue weighted by molar-refractivity contribution is -0.117. The highest BCUT2D eigenvalue weighted by molar-refractivity contribution is 6.32. The molecule has 1 aromatic heterocycles. The Morgan fingerprint density at radius 1 is 1.22 bits per heavy atom. The number of amides is 1. The van der Waals surface area contributed by atoms with E-state index in [1.807, 2.05) is 6.92 Å². The Kier molecular flexibility index (Phi) is 5.58. The molecule has 27 heavy (non-hydrogen) atoms. The van der Waals surface area contributed by atoms with Gasteiger partial charge >= 0.3 is 5.63 Å². The molecule has 0 atom stereocenters. The summed E-state index contributed by atoms with van der Waals surface area (Å²) in [6.07, 6.45) is 0. The zero-order chi connectivity index (χ0) is 19.6. The predicted molar refractivity (Wildman–Crippen MR) is 104 cm³/mol. The highest BCUT2D eigenvalue weighted by Gasteiger charge is 2.13. The number of carbonyl (C=O) groups is 1. The Hall–Kier alpha value is -2.70. The first-order valence-electron chi connectivity index (χ1n) is 8.28. The van der Waals surface area contributed by atoms with Crippen molar-refractivity contribution in [3.8, 4) is 0 Å². The van der Waals surface area contributed by atoms with Gasteiger partial charge in [-0.2, -0.15) is 0 Å². The van der Waals surface area contributed by atoms with Crippen LogP contribution in [0.15, 0.2) is 51.7 Å². The van der Waals surface area contributed by atoms with E-state index in [0.29, 0.717) is 22.8 Å². The third-order valence-electron chi connectivity index (χ3n) is 4.09. The van der Waals surface area contributed by atoms with Crippen molar-refractivity contribution in [1.82, 2.24) is 4.90 Å². The maximum absolute atomic E-state index is 12.9. The number of nitrogens with zero attached hydrogens (tertiary/aromatic N) is 1. The van der Waals surface area contributed by atoms with Gasteiger partial charge in [0.1, 0.15) is 11.4 Å². The van der Waals surface area contributed by atoms with Crippen LogP contribution in [0.3, 0.4) is 0 Å². The van der Waals surface area contributed by atoms with Crippen LogP contribution in [0.2, 0.25) is 5.02 Å². The van der Waals surface area contributed by atoms with E-state index >= 15 is 0 Å². The highest BCUT2D eigenvalue weighted by atomic mass is 35.5. The van der Waals surface area contributed by atoms with Gasteiger partial charge in [0.05, 0.1) is 6.54 Å². The third kappa shape index (κ3) is 4.72. The summed E-state index contributed by atoms with van der Waals surface area (Å²) < 4.78 is 18.2. The Morgan fingerprint density at radius 2 is 1.93 bits per heavy atom. The van der Waals surface area contributed by atoms with Gasteiger partial charge in [0.25, 0.3) is 0 Å². The summed E-state index contributed by atoms with van der Waals surface area (Å²) in [5.41, 5.74) is 2.06. The molecular weight excluding hydrogens is 371 g/mol. The molecular formula is C20H18ClFN2O3. The molecule has 0 radical (unpaired) electrons. The molecule has 0 saturated heterocycles. The lowest BCUT2D eigenvalue weighted by Gasteiger charge is -2.17. The van der Waals surface area contributed by atoms with Crippen molar-refractivity contribution in [3.05, 3.63) is 74.9 Å². The van der Waals surface area contributed by atoms with E-state index in [1.165, 1.54) is 30.3 Å². The van der Waals surface area contributed by atoms with Crippen molar-refractivity contribution in [1.29, 1.82) is 0 Å². The second kappa shape index (κ2) is 7.90. The smallest absolute Gasteiger partial charge is 0.336 e. The number of aryl methyl sites for hydroxylation is 1. The van der Waals surface area contributed by atoms with Crippen LogP contribution in [0.4, 0.5) is 10.1 Å². The molecule has 1 amide bonds. The van der Waals surface area contributed by atoms with E-state index < -0.39 is 5.63 Å². The van der Waals surface area contributed by atoms with Crippen molar-refractivity contribution in [3.63, 3.8) is 0 Å². The predicted octanol–water partition coefficient (Wildman–Crippen LogP) is 3.96. The highest BCUT2D eigenvalue weighted by Crippen LogP contribution is 2.25. The van der Waals surface area contributed by atoms with Crippen molar-refractivity contribution < 1.29 is 13.6 Å². The number of carbonyl (C=O) groups excluding carboxylic acids is 1. The quantitative estimate of drug-likeness (QED) is 0.672. The molecule has 1 N–H and O–H groups in total. The Labute approximate surface area is 160 Å². The summed E-state index contributed by atoms with van der Waals surface area (Å²) in [7, 11) is 1.76. The summed E-state index contributed by atoms with van der Waals surface area (Å²) in [5, 5.41) is 4.01. The summed E-state index contributed by atoms with van der Waals surface area (Å²) in [4.78, 5) is 25.8. The van der Waals surface area contributed by atoms with E-state index in [1.54, 1.807) is 24.1 Å². The van der Waals surface area contributed by atoms with E-state index in [9.17, 15) is 14.0 Å². The van der Waals surface area contributed by atoms with Crippen LogP contribution in [0.25, 0.3) is 11.0 Å². The summed E-state index contributed by atoms with van der Waals surface area (Å²) >= 11 is 6.20. The molecule has 7 heteroatoms. The molecule has 0 saturated carbocycles. The van der Waals surface area contributed by atoms with Gasteiger partial charge in [0.2, 0.25) is 5.91 Å². The maximum atomic E-state index is 12.9. The third-order valence-corrected chi connectivity index (χ3v) is 4.50. The number of rotatable bonds is 5. The molecule has 5 nitrogen and oxygen atoms in total. The van der Waals surface area contributed by atoms with Crippen LogP contribution in [0.1, 0.15) is 11.1 Å². The molecule has 0 spiro atoms. The van der Waals surface area contributed by atoms with Crippen molar-refractivity contribution in [2.45, 2.75) is 13.5 Å². The van der Waals surface area contributed by atoms with Crippen molar-refractivity contribution in [2.24, 2.45) is 0 Å². The molecule has 0 unspecified atom stereocenters. The molecule has 1 heterocycles. The average molecular weight is 389 g/mol. The first kappa shape index (κ1) is 19.1. The summed E-state index contributed by atoms with van der Waals surface area (Å²) in [6, 6.07) is 10.4. The van der Waals surface area contributed by atoms with Gasteiger partial charge in [0, 0.05) is 28.7 Å². The van der Waals surface area contributed by atoms with Crippen LogP contribution >= 0.6 is 11.6 Å². The number of likely N-dealkylation sites (N-methyl/N-ethyl adjacent to an activating group) is 1. The Balaban J connectivity index is 1.74. The van der Waals surface area contributed by atoms with Gasteiger partial charge in [-0.1, -0.05) is 11.6 Å². The number of hydrogen-bond donors (Lipinski definition) is 1. The first-order valence-corrected chi connectivity index (χ1v) is 8.66. The normalized spacial score (nSPS) is 11.1. The van der Waals surface area contributed by atoms with E-state index in [0.717, 1.165) is 16.5 Å². The zero-order valence-corrected chi connectivity index (χ0v) is 15.6. The number of fused-ring (bicyclic) bond motifs is 1. The molecule has 140 valence electrons. The van der Waals surface area contributed by atoms with Crippen LogP contribution in [-0.2, 0) is 11.3 Å². The minimum Gasteiger partial charge on any atom is -0.423 e. The van der Waals surface area contributed by atoms with Gasteiger partial charge in [-0.25, -0.2) is 9.18 Å². The fourth-order valence-electron chi connectivity index (χ4n) is 2.80. The Bertz CT molecular complexity index is 1050. The minimum absolute atomic E-state index is 0.0959. The fourth-order valence-corrected chi connectivity index (χ4v) is 2.97. The second-order valence-corrected chi connectivity index (χ2v) is 6.82. The van der Waals surface area contributed by atoms with E-state index in [2.05, 4.69) is 5.32 Å². The van der Waals surface area contributed by atoms with Crippen molar-refractivity contribution in [2.75, 3.05) is 18.9 Å². The van der Waals surface area contributed by atoms with Crippen LogP contribution in [0.5, 0.6) is 0 Å². The molecule has 0 aliphatic rings. The minimum atomic E-state index is -0.455. The van der Waals surface area contributed by atoms with Gasteiger partial charge < -0.3 is 9.73 Å². The van der Waals surface area contributed by atoms with Gasteiger partial charge in [-0.05, 0) is 61.5 Å². The standard InChI is InChI=1S/C20H18ClFN2O3/c1-12-7-18-16(9-17(12)21)13(8-20(26)27-18)10-24(2)11-19(25)23-15-5-3-14(22)4-6-15/h3-9H,10-11H2,1-2H3,(H,23,25). The van der Waals surface area contributed by atoms with Crippen LogP contribution in [0, 0.1) is 12.7 Å². The summed E-state index contributed by atoms with van der Waals surface area (Å²) in [6.45, 7) is 2.29. The van der Waals surface area contributed by atoms with Gasteiger partial charge in [-0.15, -0.1) is 0 Å². The lowest BCUT2D eigenvalue weighted by Crippen LogP contribution is -2.30. The fraction of sp³-hybridized carbons (Fsp3) is 0.200. The first-order chi connectivity index (χ1) is 12.8. The molecule has 3 rings (SSSR count).